The maximum Gasteiger partial charge on any atom is 0.257 e. The molecule has 0 bridgehead atoms. The number of benzene rings is 2. The SMILES string of the molecule is Cc1nc(NC(=O)c2ccc3c(c2)CCC3)sc1Cc1ccc2c(c1)OCO2. The molecule has 1 aromatic heterocycles. The molecule has 2 heterocycles. The summed E-state index contributed by atoms with van der Waals surface area (Å²) in [6.07, 6.45) is 4.10. The Morgan fingerprint density at radius 1 is 1.11 bits per heavy atom. The Morgan fingerprint density at radius 2 is 1.96 bits per heavy atom. The molecule has 0 radical (unpaired) electrons. The van der Waals surface area contributed by atoms with Crippen LogP contribution in [0.3, 0.4) is 0 Å². The molecule has 1 aliphatic carbocycles. The van der Waals surface area contributed by atoms with Gasteiger partial charge in [-0.25, -0.2) is 4.98 Å². The zero-order valence-corrected chi connectivity index (χ0v) is 16.4. The predicted molar refractivity (Wildman–Crippen MR) is 109 cm³/mol. The summed E-state index contributed by atoms with van der Waals surface area (Å²) < 4.78 is 10.8. The number of hydrogen-bond acceptors (Lipinski definition) is 5. The van der Waals surface area contributed by atoms with Crippen LogP contribution in [0.2, 0.25) is 0 Å². The summed E-state index contributed by atoms with van der Waals surface area (Å²) in [7, 11) is 0. The third kappa shape index (κ3) is 3.24. The number of anilines is 1. The van der Waals surface area contributed by atoms with Crippen LogP contribution in [0.1, 0.15) is 44.0 Å². The van der Waals surface area contributed by atoms with Gasteiger partial charge in [0.25, 0.3) is 5.91 Å². The van der Waals surface area contributed by atoms with Crippen molar-refractivity contribution in [1.29, 1.82) is 0 Å². The van der Waals surface area contributed by atoms with Gasteiger partial charge in [-0.3, -0.25) is 10.1 Å². The molecule has 1 amide bonds. The lowest BCUT2D eigenvalue weighted by Gasteiger charge is -2.04. The van der Waals surface area contributed by atoms with E-state index in [0.29, 0.717) is 10.7 Å². The molecule has 2 aliphatic rings. The van der Waals surface area contributed by atoms with Crippen molar-refractivity contribution in [2.24, 2.45) is 0 Å². The fraction of sp³-hybridized carbons (Fsp3) is 0.273. The van der Waals surface area contributed by atoms with Crippen LogP contribution in [0.4, 0.5) is 5.13 Å². The molecule has 3 aromatic rings. The minimum absolute atomic E-state index is 0.0990. The van der Waals surface area contributed by atoms with Crippen LogP contribution in [0.25, 0.3) is 0 Å². The van der Waals surface area contributed by atoms with Gasteiger partial charge in [0.15, 0.2) is 16.6 Å². The molecule has 1 N–H and O–H groups in total. The summed E-state index contributed by atoms with van der Waals surface area (Å²) in [6, 6.07) is 12.0. The van der Waals surface area contributed by atoms with Gasteiger partial charge in [-0.2, -0.15) is 0 Å². The Bertz CT molecular complexity index is 1070. The van der Waals surface area contributed by atoms with E-state index < -0.39 is 0 Å². The van der Waals surface area contributed by atoms with Gasteiger partial charge in [0, 0.05) is 16.9 Å². The average molecular weight is 392 g/mol. The second-order valence-electron chi connectivity index (χ2n) is 7.18. The lowest BCUT2D eigenvalue weighted by atomic mass is 10.1. The maximum absolute atomic E-state index is 12.6. The third-order valence-corrected chi connectivity index (χ3v) is 6.35. The Hall–Kier alpha value is -2.86. The smallest absolute Gasteiger partial charge is 0.257 e. The summed E-state index contributed by atoms with van der Waals surface area (Å²) in [6.45, 7) is 2.25. The Morgan fingerprint density at radius 3 is 2.89 bits per heavy atom. The molecule has 142 valence electrons. The summed E-state index contributed by atoms with van der Waals surface area (Å²) in [4.78, 5) is 18.3. The molecule has 0 fully saturated rings. The molecule has 1 aliphatic heterocycles. The summed E-state index contributed by atoms with van der Waals surface area (Å²) in [5.41, 5.74) is 5.43. The first-order chi connectivity index (χ1) is 13.7. The highest BCUT2D eigenvalue weighted by Crippen LogP contribution is 2.34. The number of fused-ring (bicyclic) bond motifs is 2. The van der Waals surface area contributed by atoms with E-state index in [1.807, 2.05) is 37.3 Å². The van der Waals surface area contributed by atoms with Crippen molar-refractivity contribution in [1.82, 2.24) is 4.98 Å². The first-order valence-electron chi connectivity index (χ1n) is 9.44. The lowest BCUT2D eigenvalue weighted by Crippen LogP contribution is -2.12. The van der Waals surface area contributed by atoms with Gasteiger partial charge in [0.05, 0.1) is 5.69 Å². The van der Waals surface area contributed by atoms with Crippen LogP contribution in [-0.2, 0) is 19.3 Å². The molecule has 0 saturated carbocycles. The number of ether oxygens (including phenoxy) is 2. The molecular formula is C22H20N2O3S. The van der Waals surface area contributed by atoms with Gasteiger partial charge in [-0.05, 0) is 67.1 Å². The fourth-order valence-corrected chi connectivity index (χ4v) is 4.76. The van der Waals surface area contributed by atoms with Gasteiger partial charge in [0.1, 0.15) is 0 Å². The standard InChI is InChI=1S/C22H20N2O3S/c1-13-20(10-14-5-8-18-19(9-14)27-12-26-18)28-22(23-13)24-21(25)17-7-6-15-3-2-4-16(15)11-17/h5-9,11H,2-4,10,12H2,1H3,(H,23,24,25). The van der Waals surface area contributed by atoms with E-state index in [-0.39, 0.29) is 12.7 Å². The first-order valence-corrected chi connectivity index (χ1v) is 10.3. The van der Waals surface area contributed by atoms with Gasteiger partial charge in [0.2, 0.25) is 6.79 Å². The van der Waals surface area contributed by atoms with E-state index in [1.165, 1.54) is 28.9 Å². The van der Waals surface area contributed by atoms with Gasteiger partial charge in [-0.1, -0.05) is 12.1 Å². The number of nitrogens with one attached hydrogen (secondary N) is 1. The molecule has 6 heteroatoms. The molecule has 28 heavy (non-hydrogen) atoms. The second-order valence-corrected chi connectivity index (χ2v) is 8.27. The van der Waals surface area contributed by atoms with E-state index >= 15 is 0 Å². The van der Waals surface area contributed by atoms with Crippen molar-refractivity contribution in [2.75, 3.05) is 12.1 Å². The molecule has 0 atom stereocenters. The third-order valence-electron chi connectivity index (χ3n) is 5.28. The van der Waals surface area contributed by atoms with E-state index in [0.717, 1.165) is 46.9 Å². The highest BCUT2D eigenvalue weighted by molar-refractivity contribution is 7.15. The largest absolute Gasteiger partial charge is 0.454 e. The Kier molecular flexibility index (Phi) is 4.28. The van der Waals surface area contributed by atoms with Crippen molar-refractivity contribution in [3.63, 3.8) is 0 Å². The predicted octanol–water partition coefficient (Wildman–Crippen LogP) is 4.51. The van der Waals surface area contributed by atoms with Gasteiger partial charge >= 0.3 is 0 Å². The number of nitrogens with zero attached hydrogens (tertiary/aromatic N) is 1. The number of amides is 1. The molecule has 0 saturated heterocycles. The summed E-state index contributed by atoms with van der Waals surface area (Å²) in [5.74, 6) is 1.47. The lowest BCUT2D eigenvalue weighted by molar-refractivity contribution is 0.102. The zero-order chi connectivity index (χ0) is 19.1. The molecule has 0 unspecified atom stereocenters. The molecular weight excluding hydrogens is 372 g/mol. The van der Waals surface area contributed by atoms with Crippen LogP contribution < -0.4 is 14.8 Å². The average Bonchev–Trinajstić information content (AvgIpc) is 3.41. The molecule has 2 aromatic carbocycles. The number of carbonyl (C=O) groups excluding carboxylic acids is 1. The number of thiazole rings is 1. The quantitative estimate of drug-likeness (QED) is 0.710. The van der Waals surface area contributed by atoms with Crippen molar-refractivity contribution in [2.45, 2.75) is 32.6 Å². The maximum atomic E-state index is 12.6. The van der Waals surface area contributed by atoms with Crippen molar-refractivity contribution in [3.8, 4) is 11.5 Å². The Balaban J connectivity index is 1.31. The normalized spacial score (nSPS) is 14.2. The van der Waals surface area contributed by atoms with E-state index in [4.69, 9.17) is 9.47 Å². The van der Waals surface area contributed by atoms with Crippen LogP contribution in [-0.4, -0.2) is 17.7 Å². The fourth-order valence-electron chi connectivity index (χ4n) is 3.76. The highest BCUT2D eigenvalue weighted by atomic mass is 32.1. The number of aryl methyl sites for hydroxylation is 3. The zero-order valence-electron chi connectivity index (χ0n) is 15.6. The van der Waals surface area contributed by atoms with Crippen LogP contribution in [0, 0.1) is 6.92 Å². The van der Waals surface area contributed by atoms with Crippen molar-refractivity contribution < 1.29 is 14.3 Å². The minimum atomic E-state index is -0.0990. The number of aromatic nitrogens is 1. The highest BCUT2D eigenvalue weighted by Gasteiger charge is 2.17. The van der Waals surface area contributed by atoms with E-state index in [1.54, 1.807) is 0 Å². The van der Waals surface area contributed by atoms with Gasteiger partial charge in [-0.15, -0.1) is 11.3 Å². The second kappa shape index (κ2) is 6.95. The summed E-state index contributed by atoms with van der Waals surface area (Å²) in [5, 5.41) is 3.60. The number of hydrogen-bond donors (Lipinski definition) is 1. The molecule has 0 spiro atoms. The van der Waals surface area contributed by atoms with Crippen molar-refractivity contribution >= 4 is 22.4 Å². The number of carbonyl (C=O) groups is 1. The van der Waals surface area contributed by atoms with Crippen LogP contribution in [0.15, 0.2) is 36.4 Å². The van der Waals surface area contributed by atoms with E-state index in [9.17, 15) is 4.79 Å². The number of rotatable bonds is 4. The van der Waals surface area contributed by atoms with E-state index in [2.05, 4.69) is 16.4 Å². The first kappa shape index (κ1) is 17.3. The molecule has 5 nitrogen and oxygen atoms in total. The minimum Gasteiger partial charge on any atom is -0.454 e. The topological polar surface area (TPSA) is 60.5 Å². The Labute approximate surface area is 167 Å². The summed E-state index contributed by atoms with van der Waals surface area (Å²) >= 11 is 1.52. The van der Waals surface area contributed by atoms with Crippen LogP contribution >= 0.6 is 11.3 Å². The molecule has 5 rings (SSSR count). The van der Waals surface area contributed by atoms with Gasteiger partial charge < -0.3 is 9.47 Å². The van der Waals surface area contributed by atoms with Crippen LogP contribution in [0.5, 0.6) is 11.5 Å². The van der Waals surface area contributed by atoms with Crippen molar-refractivity contribution in [3.05, 3.63) is 69.2 Å². The monoisotopic (exact) mass is 392 g/mol.